The van der Waals surface area contributed by atoms with Crippen LogP contribution in [0, 0.1) is 6.92 Å². The lowest BCUT2D eigenvalue weighted by molar-refractivity contribution is 0.143. The second-order valence-corrected chi connectivity index (χ2v) is 7.64. The predicted octanol–water partition coefficient (Wildman–Crippen LogP) is 3.83. The minimum absolute atomic E-state index is 0.223. The van der Waals surface area contributed by atoms with E-state index in [-0.39, 0.29) is 6.79 Å². The van der Waals surface area contributed by atoms with Crippen LogP contribution in [0.1, 0.15) is 24.1 Å². The Balaban J connectivity index is 1.08. The second-order valence-electron chi connectivity index (χ2n) is 7.64. The molecule has 0 unspecified atom stereocenters. The molecule has 1 aromatic carbocycles. The molecule has 0 fully saturated rings. The number of carbonyl (C=O) groups excluding carboxylic acids is 1. The van der Waals surface area contributed by atoms with Crippen molar-refractivity contribution < 1.29 is 23.4 Å². The average molecular weight is 449 g/mol. The normalized spacial score (nSPS) is 12.3. The second kappa shape index (κ2) is 9.19. The lowest BCUT2D eigenvalue weighted by atomic mass is 10.2. The highest BCUT2D eigenvalue weighted by atomic mass is 16.7. The zero-order valence-electron chi connectivity index (χ0n) is 18.1. The number of aromatic nitrogens is 4. The Labute approximate surface area is 189 Å². The van der Waals surface area contributed by atoms with Crippen molar-refractivity contribution in [3.63, 3.8) is 0 Å². The molecule has 1 N–H and O–H groups in total. The number of rotatable bonds is 8. The Morgan fingerprint density at radius 1 is 1.18 bits per heavy atom. The Morgan fingerprint density at radius 2 is 2.09 bits per heavy atom. The van der Waals surface area contributed by atoms with E-state index in [9.17, 15) is 4.79 Å². The lowest BCUT2D eigenvalue weighted by Gasteiger charge is -2.08. The minimum atomic E-state index is -0.450. The van der Waals surface area contributed by atoms with Crippen molar-refractivity contribution in [1.82, 2.24) is 24.8 Å². The van der Waals surface area contributed by atoms with Crippen LogP contribution in [0.2, 0.25) is 0 Å². The van der Waals surface area contributed by atoms with Crippen molar-refractivity contribution in [2.75, 3.05) is 13.4 Å². The molecule has 3 aromatic heterocycles. The summed E-state index contributed by atoms with van der Waals surface area (Å²) in [5, 5.41) is 2.75. The van der Waals surface area contributed by atoms with Crippen LogP contribution in [0.3, 0.4) is 0 Å². The first-order valence-electron chi connectivity index (χ1n) is 10.7. The van der Waals surface area contributed by atoms with Gasteiger partial charge in [0.2, 0.25) is 6.79 Å². The molecular weight excluding hydrogens is 426 g/mol. The van der Waals surface area contributed by atoms with Gasteiger partial charge in [-0.25, -0.2) is 19.7 Å². The zero-order valence-corrected chi connectivity index (χ0v) is 18.1. The number of amides is 1. The summed E-state index contributed by atoms with van der Waals surface area (Å²) in [6.07, 6.45) is 6.07. The number of ether oxygens (including phenoxy) is 3. The molecule has 1 aliphatic heterocycles. The molecular formula is C23H23N5O5. The zero-order chi connectivity index (χ0) is 22.6. The highest BCUT2D eigenvalue weighted by Gasteiger charge is 2.14. The van der Waals surface area contributed by atoms with E-state index in [0.29, 0.717) is 37.0 Å². The van der Waals surface area contributed by atoms with Crippen LogP contribution in [0.4, 0.5) is 4.79 Å². The molecule has 0 saturated carbocycles. The maximum absolute atomic E-state index is 12.0. The fourth-order valence-electron chi connectivity index (χ4n) is 3.60. The van der Waals surface area contributed by atoms with E-state index in [1.165, 1.54) is 0 Å². The Kier molecular flexibility index (Phi) is 5.79. The van der Waals surface area contributed by atoms with Gasteiger partial charge in [0.05, 0.1) is 30.5 Å². The lowest BCUT2D eigenvalue weighted by Crippen LogP contribution is -2.24. The van der Waals surface area contributed by atoms with E-state index in [1.807, 2.05) is 35.8 Å². The maximum atomic E-state index is 12.0. The van der Waals surface area contributed by atoms with E-state index < -0.39 is 6.09 Å². The molecule has 0 saturated heterocycles. The van der Waals surface area contributed by atoms with Crippen molar-refractivity contribution in [3.8, 4) is 22.9 Å². The molecule has 4 aromatic rings. The number of hydrogen-bond donors (Lipinski definition) is 1. The maximum Gasteiger partial charge on any atom is 0.407 e. The number of unbranched alkanes of at least 4 members (excludes halogenated alkanes) is 1. The van der Waals surface area contributed by atoms with Gasteiger partial charge in [0.15, 0.2) is 23.0 Å². The van der Waals surface area contributed by atoms with Crippen LogP contribution in [0.15, 0.2) is 47.5 Å². The van der Waals surface area contributed by atoms with Crippen molar-refractivity contribution in [2.45, 2.75) is 32.9 Å². The van der Waals surface area contributed by atoms with E-state index in [4.69, 9.17) is 18.6 Å². The standard InChI is InChI=1S/C23H23N5O5/c1-15-20-22(27-21(26-15)17-6-9-30-12-17)28(13-25-20)7-2-3-8-31-23(29)24-11-16-4-5-18-19(10-16)33-14-32-18/h4-6,9-10,12-13H,2-3,7-8,11,14H2,1H3,(H,24,29). The van der Waals surface area contributed by atoms with Crippen molar-refractivity contribution in [3.05, 3.63) is 54.4 Å². The van der Waals surface area contributed by atoms with Gasteiger partial charge >= 0.3 is 6.09 Å². The van der Waals surface area contributed by atoms with E-state index in [1.54, 1.807) is 18.9 Å². The molecule has 0 aliphatic carbocycles. The van der Waals surface area contributed by atoms with Crippen LogP contribution < -0.4 is 14.8 Å². The Bertz CT molecular complexity index is 1270. The predicted molar refractivity (Wildman–Crippen MR) is 118 cm³/mol. The summed E-state index contributed by atoms with van der Waals surface area (Å²) in [6.45, 7) is 3.53. The number of nitrogens with one attached hydrogen (secondary N) is 1. The summed E-state index contributed by atoms with van der Waals surface area (Å²) in [4.78, 5) is 25.6. The monoisotopic (exact) mass is 449 g/mol. The first kappa shape index (κ1) is 20.8. The first-order chi connectivity index (χ1) is 16.2. The first-order valence-corrected chi connectivity index (χ1v) is 10.7. The largest absolute Gasteiger partial charge is 0.472 e. The van der Waals surface area contributed by atoms with Crippen LogP contribution in [-0.2, 0) is 17.8 Å². The van der Waals surface area contributed by atoms with E-state index in [0.717, 1.165) is 40.8 Å². The van der Waals surface area contributed by atoms with Gasteiger partial charge in [-0.3, -0.25) is 0 Å². The number of nitrogens with zero attached hydrogens (tertiary/aromatic N) is 4. The molecule has 0 radical (unpaired) electrons. The van der Waals surface area contributed by atoms with Gasteiger partial charge in [-0.15, -0.1) is 0 Å². The third-order valence-electron chi connectivity index (χ3n) is 5.32. The molecule has 1 amide bonds. The highest BCUT2D eigenvalue weighted by molar-refractivity contribution is 5.75. The fraction of sp³-hybridized carbons (Fsp3) is 0.304. The van der Waals surface area contributed by atoms with Crippen LogP contribution >= 0.6 is 0 Å². The number of carbonyl (C=O) groups is 1. The average Bonchev–Trinajstić information content (AvgIpc) is 3.58. The summed E-state index contributed by atoms with van der Waals surface area (Å²) in [6, 6.07) is 7.39. The quantitative estimate of drug-likeness (QED) is 0.404. The third-order valence-corrected chi connectivity index (χ3v) is 5.32. The molecule has 1 aliphatic rings. The van der Waals surface area contributed by atoms with E-state index >= 15 is 0 Å². The van der Waals surface area contributed by atoms with Crippen molar-refractivity contribution in [1.29, 1.82) is 0 Å². The molecule has 0 bridgehead atoms. The van der Waals surface area contributed by atoms with Gasteiger partial charge in [-0.1, -0.05) is 6.07 Å². The number of aryl methyl sites for hydroxylation is 2. The van der Waals surface area contributed by atoms with Gasteiger partial charge in [0.1, 0.15) is 11.8 Å². The Hall–Kier alpha value is -4.08. The molecule has 4 heterocycles. The van der Waals surface area contributed by atoms with Gasteiger partial charge < -0.3 is 28.5 Å². The summed E-state index contributed by atoms with van der Waals surface area (Å²) in [5.41, 5.74) is 4.11. The van der Waals surface area contributed by atoms with Gasteiger partial charge in [-0.2, -0.15) is 0 Å². The molecule has 33 heavy (non-hydrogen) atoms. The number of fused-ring (bicyclic) bond motifs is 2. The number of furan rings is 1. The van der Waals surface area contributed by atoms with Crippen LogP contribution in [0.5, 0.6) is 11.5 Å². The molecule has 0 spiro atoms. The number of benzene rings is 1. The van der Waals surface area contributed by atoms with Gasteiger partial charge in [0.25, 0.3) is 0 Å². The fourth-order valence-corrected chi connectivity index (χ4v) is 3.60. The summed E-state index contributed by atoms with van der Waals surface area (Å²) >= 11 is 0. The molecule has 0 atom stereocenters. The minimum Gasteiger partial charge on any atom is -0.472 e. The van der Waals surface area contributed by atoms with Gasteiger partial charge in [-0.05, 0) is 43.5 Å². The van der Waals surface area contributed by atoms with Crippen molar-refractivity contribution >= 4 is 17.3 Å². The number of imidazole rings is 1. The third kappa shape index (κ3) is 4.59. The molecule has 170 valence electrons. The Morgan fingerprint density at radius 3 is 2.97 bits per heavy atom. The summed E-state index contributed by atoms with van der Waals surface area (Å²) in [5.74, 6) is 2.01. The van der Waals surface area contributed by atoms with Crippen LogP contribution in [0.25, 0.3) is 22.6 Å². The van der Waals surface area contributed by atoms with Gasteiger partial charge in [0, 0.05) is 13.1 Å². The SMILES string of the molecule is Cc1nc(-c2ccoc2)nc2c1ncn2CCCCOC(=O)NCc1ccc2c(c1)OCO2. The molecule has 10 heteroatoms. The smallest absolute Gasteiger partial charge is 0.407 e. The summed E-state index contributed by atoms with van der Waals surface area (Å²) in [7, 11) is 0. The number of hydrogen-bond acceptors (Lipinski definition) is 8. The summed E-state index contributed by atoms with van der Waals surface area (Å²) < 4.78 is 23.0. The highest BCUT2D eigenvalue weighted by Crippen LogP contribution is 2.32. The van der Waals surface area contributed by atoms with Crippen LogP contribution in [-0.4, -0.2) is 39.0 Å². The molecule has 5 rings (SSSR count). The molecule has 10 nitrogen and oxygen atoms in total. The van der Waals surface area contributed by atoms with Crippen molar-refractivity contribution in [2.24, 2.45) is 0 Å². The van der Waals surface area contributed by atoms with E-state index in [2.05, 4.69) is 20.3 Å². The topological polar surface area (TPSA) is 114 Å². The number of alkyl carbamates (subject to hydrolysis) is 1.